The van der Waals surface area contributed by atoms with E-state index in [9.17, 15) is 4.79 Å². The Morgan fingerprint density at radius 2 is 1.95 bits per heavy atom. The molecule has 2 unspecified atom stereocenters. The fourth-order valence-electron chi connectivity index (χ4n) is 3.13. The van der Waals surface area contributed by atoms with Gasteiger partial charge in [0.2, 0.25) is 5.91 Å². The first-order valence-corrected chi connectivity index (χ1v) is 8.88. The number of amides is 1. The van der Waals surface area contributed by atoms with Crippen LogP contribution < -0.4 is 0 Å². The van der Waals surface area contributed by atoms with Gasteiger partial charge in [0.05, 0.1) is 5.92 Å². The number of benzene rings is 1. The number of rotatable bonds is 6. The number of carbonyl (C=O) groups excluding carboxylic acids is 1. The third-order valence-corrected chi connectivity index (χ3v) is 5.47. The molecule has 0 aliphatic heterocycles. The molecule has 0 aromatic heterocycles. The van der Waals surface area contributed by atoms with Crippen LogP contribution in [0.25, 0.3) is 0 Å². The summed E-state index contributed by atoms with van der Waals surface area (Å²) in [7, 11) is 1.96. The van der Waals surface area contributed by atoms with Crippen LogP contribution in [-0.4, -0.2) is 29.2 Å². The van der Waals surface area contributed by atoms with E-state index in [-0.39, 0.29) is 11.8 Å². The smallest absolute Gasteiger partial charge is 0.230 e. The average Bonchev–Trinajstić information content (AvgIpc) is 2.46. The number of likely N-dealkylation sites (N-methyl/N-ethyl adjacent to an activating group) is 1. The van der Waals surface area contributed by atoms with E-state index in [0.29, 0.717) is 16.7 Å². The Hall–Kier alpha value is -0.830. The highest BCUT2D eigenvalue weighted by molar-refractivity contribution is 9.09. The van der Waals surface area contributed by atoms with Gasteiger partial charge in [-0.3, -0.25) is 4.79 Å². The van der Waals surface area contributed by atoms with Crippen molar-refractivity contribution >= 4 is 21.8 Å². The molecule has 1 saturated carbocycles. The van der Waals surface area contributed by atoms with Crippen LogP contribution in [-0.2, 0) is 4.79 Å². The van der Waals surface area contributed by atoms with Crippen LogP contribution in [0.4, 0.5) is 0 Å². The van der Waals surface area contributed by atoms with Crippen LogP contribution in [0, 0.1) is 11.8 Å². The van der Waals surface area contributed by atoms with E-state index in [1.807, 2.05) is 30.1 Å². The molecule has 1 aromatic rings. The molecule has 1 aromatic carbocycles. The Balaban J connectivity index is 2.07. The molecule has 2 nitrogen and oxygen atoms in total. The molecular weight excluding hydrogens is 326 g/mol. The Kier molecular flexibility index (Phi) is 5.86. The van der Waals surface area contributed by atoms with Crippen molar-refractivity contribution < 1.29 is 4.79 Å². The predicted molar refractivity (Wildman–Crippen MR) is 91.7 cm³/mol. The van der Waals surface area contributed by atoms with Crippen molar-refractivity contribution in [2.24, 2.45) is 11.8 Å². The summed E-state index contributed by atoms with van der Waals surface area (Å²) in [6, 6.07) is 10.2. The molecule has 0 N–H and O–H groups in total. The first-order valence-electron chi connectivity index (χ1n) is 7.96. The van der Waals surface area contributed by atoms with Crippen molar-refractivity contribution in [1.82, 2.24) is 4.90 Å². The lowest BCUT2D eigenvalue weighted by Gasteiger charge is -2.36. The summed E-state index contributed by atoms with van der Waals surface area (Å²) in [4.78, 5) is 15.5. The number of alkyl halides is 1. The lowest BCUT2D eigenvalue weighted by molar-refractivity contribution is -0.133. The third-order valence-electron chi connectivity index (χ3n) is 4.72. The van der Waals surface area contributed by atoms with Crippen molar-refractivity contribution in [3.05, 3.63) is 35.9 Å². The van der Waals surface area contributed by atoms with Gasteiger partial charge >= 0.3 is 0 Å². The van der Waals surface area contributed by atoms with Gasteiger partial charge in [0, 0.05) is 18.4 Å². The molecule has 0 saturated heterocycles. The Bertz CT molecular complexity index is 456. The average molecular weight is 352 g/mol. The predicted octanol–water partition coefficient (Wildman–Crippen LogP) is 4.45. The summed E-state index contributed by atoms with van der Waals surface area (Å²) in [5, 5.41) is 0. The zero-order chi connectivity index (χ0) is 15.4. The summed E-state index contributed by atoms with van der Waals surface area (Å²) in [6.45, 7) is 5.23. The molecular formula is C18H26BrNO. The molecule has 1 amide bonds. The summed E-state index contributed by atoms with van der Waals surface area (Å²) in [5.41, 5.74) is 1.15. The number of nitrogens with zero attached hydrogens (tertiary/aromatic N) is 1. The molecule has 116 valence electrons. The minimum absolute atomic E-state index is 0.0129. The van der Waals surface area contributed by atoms with Gasteiger partial charge in [0.25, 0.3) is 0 Å². The molecule has 0 heterocycles. The SMILES string of the molecule is CCC(C)C(C(=O)N(C)CC1CC(Br)C1)c1ccccc1. The van der Waals surface area contributed by atoms with Gasteiger partial charge in [-0.15, -0.1) is 0 Å². The maximum Gasteiger partial charge on any atom is 0.230 e. The molecule has 1 aliphatic rings. The molecule has 0 bridgehead atoms. The number of hydrogen-bond acceptors (Lipinski definition) is 1. The zero-order valence-electron chi connectivity index (χ0n) is 13.3. The van der Waals surface area contributed by atoms with Crippen molar-refractivity contribution in [1.29, 1.82) is 0 Å². The standard InChI is InChI=1S/C18H26BrNO/c1-4-13(2)17(15-8-6-5-7-9-15)18(21)20(3)12-14-10-16(19)11-14/h5-9,13-14,16-17H,4,10-12H2,1-3H3. The largest absolute Gasteiger partial charge is 0.345 e. The van der Waals surface area contributed by atoms with Gasteiger partial charge in [0.15, 0.2) is 0 Å². The number of halogens is 1. The molecule has 1 aliphatic carbocycles. The Labute approximate surface area is 137 Å². The van der Waals surface area contributed by atoms with E-state index < -0.39 is 0 Å². The third kappa shape index (κ3) is 4.09. The summed E-state index contributed by atoms with van der Waals surface area (Å²) in [5.74, 6) is 1.29. The number of carbonyl (C=O) groups is 1. The molecule has 1 fully saturated rings. The molecule has 3 heteroatoms. The minimum atomic E-state index is -0.0129. The van der Waals surface area contributed by atoms with Gasteiger partial charge in [-0.2, -0.15) is 0 Å². The van der Waals surface area contributed by atoms with Crippen molar-refractivity contribution in [3.63, 3.8) is 0 Å². The topological polar surface area (TPSA) is 20.3 Å². The van der Waals surface area contributed by atoms with Crippen LogP contribution in [0.2, 0.25) is 0 Å². The summed E-state index contributed by atoms with van der Waals surface area (Å²) >= 11 is 3.62. The molecule has 2 rings (SSSR count). The van der Waals surface area contributed by atoms with E-state index in [0.717, 1.165) is 18.5 Å². The maximum atomic E-state index is 12.9. The van der Waals surface area contributed by atoms with Gasteiger partial charge in [-0.25, -0.2) is 0 Å². The van der Waals surface area contributed by atoms with E-state index in [1.54, 1.807) is 0 Å². The Morgan fingerprint density at radius 1 is 1.33 bits per heavy atom. The van der Waals surface area contributed by atoms with Gasteiger partial charge in [-0.05, 0) is 30.2 Å². The van der Waals surface area contributed by atoms with Crippen molar-refractivity contribution in [3.8, 4) is 0 Å². The highest BCUT2D eigenvalue weighted by Crippen LogP contribution is 2.35. The van der Waals surface area contributed by atoms with Gasteiger partial charge in [-0.1, -0.05) is 66.5 Å². The van der Waals surface area contributed by atoms with Crippen LogP contribution in [0.5, 0.6) is 0 Å². The lowest BCUT2D eigenvalue weighted by atomic mass is 9.82. The second-order valence-electron chi connectivity index (χ2n) is 6.43. The van der Waals surface area contributed by atoms with Crippen molar-refractivity contribution in [2.45, 2.75) is 43.9 Å². The second-order valence-corrected chi connectivity index (χ2v) is 7.72. The normalized spacial score (nSPS) is 24.0. The van der Waals surface area contributed by atoms with E-state index in [1.165, 1.54) is 12.8 Å². The zero-order valence-corrected chi connectivity index (χ0v) is 14.8. The Morgan fingerprint density at radius 3 is 2.48 bits per heavy atom. The molecule has 0 spiro atoms. The maximum absolute atomic E-state index is 12.9. The monoisotopic (exact) mass is 351 g/mol. The molecule has 21 heavy (non-hydrogen) atoms. The van der Waals surface area contributed by atoms with Crippen LogP contribution in [0.1, 0.15) is 44.6 Å². The van der Waals surface area contributed by atoms with E-state index >= 15 is 0 Å². The van der Waals surface area contributed by atoms with Crippen molar-refractivity contribution in [2.75, 3.05) is 13.6 Å². The van der Waals surface area contributed by atoms with Gasteiger partial charge in [0.1, 0.15) is 0 Å². The molecule has 0 radical (unpaired) electrons. The van der Waals surface area contributed by atoms with E-state index in [2.05, 4.69) is 41.9 Å². The van der Waals surface area contributed by atoms with Gasteiger partial charge < -0.3 is 4.90 Å². The number of hydrogen-bond donors (Lipinski definition) is 0. The highest BCUT2D eigenvalue weighted by atomic mass is 79.9. The second kappa shape index (κ2) is 7.44. The molecule has 2 atom stereocenters. The van der Waals surface area contributed by atoms with Crippen LogP contribution in [0.15, 0.2) is 30.3 Å². The fourth-order valence-corrected chi connectivity index (χ4v) is 4.19. The fraction of sp³-hybridized carbons (Fsp3) is 0.611. The summed E-state index contributed by atoms with van der Waals surface area (Å²) < 4.78 is 0. The minimum Gasteiger partial charge on any atom is -0.345 e. The van der Waals surface area contributed by atoms with Crippen LogP contribution in [0.3, 0.4) is 0 Å². The van der Waals surface area contributed by atoms with E-state index in [4.69, 9.17) is 0 Å². The first-order chi connectivity index (χ1) is 10.0. The summed E-state index contributed by atoms with van der Waals surface area (Å²) in [6.07, 6.45) is 3.40. The highest BCUT2D eigenvalue weighted by Gasteiger charge is 2.32. The quantitative estimate of drug-likeness (QED) is 0.693. The van der Waals surface area contributed by atoms with Crippen LogP contribution >= 0.6 is 15.9 Å². The lowest BCUT2D eigenvalue weighted by Crippen LogP contribution is -2.41. The first kappa shape index (κ1) is 16.5.